The van der Waals surface area contributed by atoms with Crippen molar-refractivity contribution in [1.29, 1.82) is 0 Å². The zero-order valence-electron chi connectivity index (χ0n) is 10.4. The fourth-order valence-electron chi connectivity index (χ4n) is 3.54. The quantitative estimate of drug-likeness (QED) is 0.862. The van der Waals surface area contributed by atoms with E-state index >= 15 is 0 Å². The summed E-state index contributed by atoms with van der Waals surface area (Å²) in [6.45, 7) is 0. The highest BCUT2D eigenvalue weighted by Crippen LogP contribution is 2.47. The summed E-state index contributed by atoms with van der Waals surface area (Å²) in [5.74, 6) is -1.86. The van der Waals surface area contributed by atoms with E-state index in [1.165, 1.54) is 12.1 Å². The first kappa shape index (κ1) is 12.5. The van der Waals surface area contributed by atoms with E-state index in [-0.39, 0.29) is 29.5 Å². The van der Waals surface area contributed by atoms with Crippen molar-refractivity contribution < 1.29 is 13.6 Å². The first-order valence-corrected chi connectivity index (χ1v) is 6.58. The second kappa shape index (κ2) is 4.56. The van der Waals surface area contributed by atoms with E-state index in [1.807, 2.05) is 0 Å². The summed E-state index contributed by atoms with van der Waals surface area (Å²) in [6, 6.07) is 3.59. The van der Waals surface area contributed by atoms with Crippen molar-refractivity contribution in [3.8, 4) is 0 Å². The van der Waals surface area contributed by atoms with Crippen LogP contribution in [0.3, 0.4) is 0 Å². The largest absolute Gasteiger partial charge is 0.327 e. The maximum absolute atomic E-state index is 13.5. The van der Waals surface area contributed by atoms with Crippen molar-refractivity contribution >= 4 is 11.6 Å². The average Bonchev–Trinajstić information content (AvgIpc) is 2.95. The summed E-state index contributed by atoms with van der Waals surface area (Å²) >= 11 is 0. The maximum Gasteiger partial charge on any atom is 0.229 e. The van der Waals surface area contributed by atoms with Crippen molar-refractivity contribution in [2.75, 3.05) is 5.32 Å². The van der Waals surface area contributed by atoms with Crippen LogP contribution in [0.25, 0.3) is 0 Å². The van der Waals surface area contributed by atoms with Gasteiger partial charge in [0.1, 0.15) is 0 Å². The highest BCUT2D eigenvalue weighted by Gasteiger charge is 2.49. The summed E-state index contributed by atoms with van der Waals surface area (Å²) in [4.78, 5) is 12.2. The van der Waals surface area contributed by atoms with Gasteiger partial charge in [0, 0.05) is 6.04 Å². The van der Waals surface area contributed by atoms with Gasteiger partial charge < -0.3 is 11.1 Å². The Morgan fingerprint density at radius 3 is 2.68 bits per heavy atom. The molecule has 19 heavy (non-hydrogen) atoms. The highest BCUT2D eigenvalue weighted by atomic mass is 19.2. The number of nitrogens with one attached hydrogen (secondary N) is 1. The van der Waals surface area contributed by atoms with Gasteiger partial charge in [-0.2, -0.15) is 0 Å². The lowest BCUT2D eigenvalue weighted by Gasteiger charge is -2.27. The molecule has 1 amide bonds. The smallest absolute Gasteiger partial charge is 0.229 e. The molecule has 0 aromatic heterocycles. The van der Waals surface area contributed by atoms with Crippen molar-refractivity contribution in [3.05, 3.63) is 29.8 Å². The van der Waals surface area contributed by atoms with Crippen molar-refractivity contribution in [1.82, 2.24) is 0 Å². The van der Waals surface area contributed by atoms with E-state index in [1.54, 1.807) is 0 Å². The summed E-state index contributed by atoms with van der Waals surface area (Å²) in [6.07, 6.45) is 3.05. The SMILES string of the molecule is NC1C2CCC(C2)C1C(=O)Nc1cccc(F)c1F. The number of hydrogen-bond acceptors (Lipinski definition) is 2. The number of carbonyl (C=O) groups excluding carboxylic acids is 1. The third-order valence-electron chi connectivity index (χ3n) is 4.49. The number of rotatable bonds is 2. The normalized spacial score (nSPS) is 32.6. The van der Waals surface area contributed by atoms with Gasteiger partial charge in [-0.3, -0.25) is 4.79 Å². The molecule has 0 spiro atoms. The molecular formula is C14H16F2N2O. The number of nitrogens with two attached hydrogens (primary N) is 1. The Bertz CT molecular complexity index is 518. The summed E-state index contributed by atoms with van der Waals surface area (Å²) in [5, 5.41) is 2.47. The Labute approximate surface area is 110 Å². The molecule has 3 N–H and O–H groups in total. The van der Waals surface area contributed by atoms with Gasteiger partial charge in [0.25, 0.3) is 0 Å². The molecule has 2 fully saturated rings. The summed E-state index contributed by atoms with van der Waals surface area (Å²) in [7, 11) is 0. The second-order valence-corrected chi connectivity index (χ2v) is 5.53. The fraction of sp³-hybridized carbons (Fsp3) is 0.500. The molecule has 1 aromatic carbocycles. The Balaban J connectivity index is 1.77. The van der Waals surface area contributed by atoms with E-state index in [9.17, 15) is 13.6 Å². The molecule has 0 heterocycles. The molecule has 3 rings (SSSR count). The predicted molar refractivity (Wildman–Crippen MR) is 67.3 cm³/mol. The van der Waals surface area contributed by atoms with E-state index in [2.05, 4.69) is 5.32 Å². The first-order valence-electron chi connectivity index (χ1n) is 6.58. The highest BCUT2D eigenvalue weighted by molar-refractivity contribution is 5.93. The molecule has 4 unspecified atom stereocenters. The summed E-state index contributed by atoms with van der Waals surface area (Å²) < 4.78 is 26.6. The van der Waals surface area contributed by atoms with Crippen molar-refractivity contribution in [2.45, 2.75) is 25.3 Å². The molecule has 2 bridgehead atoms. The molecule has 0 saturated heterocycles. The Morgan fingerprint density at radius 1 is 1.26 bits per heavy atom. The van der Waals surface area contributed by atoms with Crippen LogP contribution in [0.5, 0.6) is 0 Å². The Hall–Kier alpha value is -1.49. The van der Waals surface area contributed by atoms with Crippen LogP contribution in [-0.2, 0) is 4.79 Å². The van der Waals surface area contributed by atoms with Gasteiger partial charge in [0.05, 0.1) is 11.6 Å². The number of benzene rings is 1. The number of halogens is 2. The molecule has 0 radical (unpaired) electrons. The fourth-order valence-corrected chi connectivity index (χ4v) is 3.54. The minimum Gasteiger partial charge on any atom is -0.327 e. The molecular weight excluding hydrogens is 250 g/mol. The van der Waals surface area contributed by atoms with Crippen molar-refractivity contribution in [2.24, 2.45) is 23.5 Å². The second-order valence-electron chi connectivity index (χ2n) is 5.53. The topological polar surface area (TPSA) is 55.1 Å². The van der Waals surface area contributed by atoms with Crippen LogP contribution in [-0.4, -0.2) is 11.9 Å². The molecule has 4 atom stereocenters. The zero-order valence-corrected chi connectivity index (χ0v) is 10.4. The van der Waals surface area contributed by atoms with Crippen LogP contribution in [0.1, 0.15) is 19.3 Å². The number of hydrogen-bond donors (Lipinski definition) is 2. The van der Waals surface area contributed by atoms with E-state index in [4.69, 9.17) is 5.73 Å². The molecule has 1 aromatic rings. The first-order chi connectivity index (χ1) is 9.08. The van der Waals surface area contributed by atoms with Crippen LogP contribution in [0.4, 0.5) is 14.5 Å². The van der Waals surface area contributed by atoms with Gasteiger partial charge in [-0.25, -0.2) is 8.78 Å². The molecule has 2 saturated carbocycles. The van der Waals surface area contributed by atoms with Gasteiger partial charge in [-0.1, -0.05) is 6.07 Å². The maximum atomic E-state index is 13.5. The van der Waals surface area contributed by atoms with Gasteiger partial charge in [-0.15, -0.1) is 0 Å². The predicted octanol–water partition coefficient (Wildman–Crippen LogP) is 2.28. The molecule has 2 aliphatic carbocycles. The van der Waals surface area contributed by atoms with Crippen LogP contribution in [0.2, 0.25) is 0 Å². The molecule has 102 valence electrons. The van der Waals surface area contributed by atoms with Gasteiger partial charge in [0.15, 0.2) is 11.6 Å². The molecule has 0 aliphatic heterocycles. The lowest BCUT2D eigenvalue weighted by Crippen LogP contribution is -2.42. The van der Waals surface area contributed by atoms with Gasteiger partial charge in [0.2, 0.25) is 5.91 Å². The lowest BCUT2D eigenvalue weighted by atomic mass is 9.84. The number of carbonyl (C=O) groups is 1. The zero-order chi connectivity index (χ0) is 13.6. The third kappa shape index (κ3) is 2.02. The number of fused-ring (bicyclic) bond motifs is 2. The molecule has 5 heteroatoms. The van der Waals surface area contributed by atoms with E-state index < -0.39 is 11.6 Å². The van der Waals surface area contributed by atoms with Crippen LogP contribution >= 0.6 is 0 Å². The number of anilines is 1. The minimum absolute atomic E-state index is 0.111. The lowest BCUT2D eigenvalue weighted by molar-refractivity contribution is -0.121. The number of amides is 1. The third-order valence-corrected chi connectivity index (χ3v) is 4.49. The van der Waals surface area contributed by atoms with Crippen molar-refractivity contribution in [3.63, 3.8) is 0 Å². The summed E-state index contributed by atoms with van der Waals surface area (Å²) in [5.41, 5.74) is 5.95. The van der Waals surface area contributed by atoms with Crippen LogP contribution < -0.4 is 11.1 Å². The van der Waals surface area contributed by atoms with Crippen LogP contribution in [0.15, 0.2) is 18.2 Å². The van der Waals surface area contributed by atoms with E-state index in [0.717, 1.165) is 25.3 Å². The Kier molecular flexibility index (Phi) is 3.01. The standard InChI is InChI=1S/C14H16F2N2O/c15-9-2-1-3-10(12(9)16)18-14(19)11-7-4-5-8(6-7)13(11)17/h1-3,7-8,11,13H,4-6,17H2,(H,18,19). The monoisotopic (exact) mass is 266 g/mol. The Morgan fingerprint density at radius 2 is 2.00 bits per heavy atom. The van der Waals surface area contributed by atoms with Crippen LogP contribution in [0, 0.1) is 29.4 Å². The molecule has 2 aliphatic rings. The molecule has 3 nitrogen and oxygen atoms in total. The average molecular weight is 266 g/mol. The minimum atomic E-state index is -1.02. The van der Waals surface area contributed by atoms with Gasteiger partial charge in [-0.05, 0) is 43.2 Å². The van der Waals surface area contributed by atoms with E-state index in [0.29, 0.717) is 5.92 Å². The van der Waals surface area contributed by atoms with Gasteiger partial charge >= 0.3 is 0 Å².